The Morgan fingerprint density at radius 3 is 2.42 bits per heavy atom. The monoisotopic (exact) mass is 269 g/mol. The number of carboxylic acids is 1. The summed E-state index contributed by atoms with van der Waals surface area (Å²) in [5, 5.41) is 12.3. The van der Waals surface area contributed by atoms with E-state index in [2.05, 4.69) is 5.32 Å². The summed E-state index contributed by atoms with van der Waals surface area (Å²) < 4.78 is 5.50. The van der Waals surface area contributed by atoms with Crippen LogP contribution in [0.5, 0.6) is 0 Å². The number of nitrogens with one attached hydrogen (secondary N) is 1. The van der Waals surface area contributed by atoms with E-state index < -0.39 is 17.8 Å². The molecule has 2 aliphatic rings. The van der Waals surface area contributed by atoms with Gasteiger partial charge in [0.1, 0.15) is 0 Å². The lowest BCUT2D eigenvalue weighted by atomic mass is 9.78. The van der Waals surface area contributed by atoms with Gasteiger partial charge in [-0.2, -0.15) is 0 Å². The summed E-state index contributed by atoms with van der Waals surface area (Å²) in [6.07, 6.45) is 3.87. The first-order valence-electron chi connectivity index (χ1n) is 7.10. The third-order valence-corrected chi connectivity index (χ3v) is 4.72. The number of hydrogen-bond acceptors (Lipinski definition) is 3. The van der Waals surface area contributed by atoms with Crippen molar-refractivity contribution in [3.05, 3.63) is 0 Å². The number of carbonyl (C=O) groups is 2. The minimum Gasteiger partial charge on any atom is -0.481 e. The van der Waals surface area contributed by atoms with E-state index in [1.807, 2.05) is 13.8 Å². The van der Waals surface area contributed by atoms with Crippen LogP contribution in [-0.4, -0.2) is 35.2 Å². The van der Waals surface area contributed by atoms with Crippen LogP contribution in [0, 0.1) is 11.8 Å². The summed E-state index contributed by atoms with van der Waals surface area (Å²) >= 11 is 0. The quantitative estimate of drug-likeness (QED) is 0.815. The highest BCUT2D eigenvalue weighted by Gasteiger charge is 2.42. The summed E-state index contributed by atoms with van der Waals surface area (Å²) in [5.41, 5.74) is -0.364. The highest BCUT2D eigenvalue weighted by Crippen LogP contribution is 2.32. The SMILES string of the molecule is CC1OCCC1(C)NC(=O)[C@@H]1CCCC[C@@H]1C(=O)O. The van der Waals surface area contributed by atoms with Crippen molar-refractivity contribution in [2.45, 2.75) is 57.6 Å². The molecule has 0 bridgehead atoms. The second-order valence-electron chi connectivity index (χ2n) is 6.01. The maximum Gasteiger partial charge on any atom is 0.307 e. The Labute approximate surface area is 113 Å². The van der Waals surface area contributed by atoms with Gasteiger partial charge in [-0.3, -0.25) is 9.59 Å². The molecule has 4 atom stereocenters. The third-order valence-electron chi connectivity index (χ3n) is 4.72. The van der Waals surface area contributed by atoms with Crippen LogP contribution in [0.3, 0.4) is 0 Å². The van der Waals surface area contributed by atoms with Crippen molar-refractivity contribution in [1.82, 2.24) is 5.32 Å². The second kappa shape index (κ2) is 5.49. The van der Waals surface area contributed by atoms with Gasteiger partial charge in [0.05, 0.1) is 23.5 Å². The Morgan fingerprint density at radius 2 is 1.89 bits per heavy atom. The molecule has 2 fully saturated rings. The molecule has 1 aliphatic carbocycles. The zero-order chi connectivity index (χ0) is 14.0. The van der Waals surface area contributed by atoms with E-state index in [9.17, 15) is 14.7 Å². The van der Waals surface area contributed by atoms with Crippen LogP contribution in [0.2, 0.25) is 0 Å². The zero-order valence-corrected chi connectivity index (χ0v) is 11.6. The largest absolute Gasteiger partial charge is 0.481 e. The molecular weight excluding hydrogens is 246 g/mol. The molecule has 1 saturated carbocycles. The summed E-state index contributed by atoms with van der Waals surface area (Å²) in [6, 6.07) is 0. The lowest BCUT2D eigenvalue weighted by molar-refractivity contribution is -0.149. The van der Waals surface area contributed by atoms with E-state index in [0.717, 1.165) is 19.3 Å². The highest BCUT2D eigenvalue weighted by atomic mass is 16.5. The van der Waals surface area contributed by atoms with Gasteiger partial charge < -0.3 is 15.2 Å². The molecule has 1 heterocycles. The van der Waals surface area contributed by atoms with Crippen molar-refractivity contribution in [3.63, 3.8) is 0 Å². The molecule has 0 aromatic rings. The molecule has 1 aliphatic heterocycles. The molecular formula is C14H23NO4. The number of amides is 1. The predicted molar refractivity (Wildman–Crippen MR) is 69.7 cm³/mol. The number of carbonyl (C=O) groups excluding carboxylic acids is 1. The first-order chi connectivity index (χ1) is 8.94. The van der Waals surface area contributed by atoms with Crippen LogP contribution in [-0.2, 0) is 14.3 Å². The molecule has 1 saturated heterocycles. The van der Waals surface area contributed by atoms with E-state index in [1.165, 1.54) is 0 Å². The third kappa shape index (κ3) is 2.91. The van der Waals surface area contributed by atoms with E-state index in [4.69, 9.17) is 4.74 Å². The van der Waals surface area contributed by atoms with Crippen LogP contribution in [0.15, 0.2) is 0 Å². The van der Waals surface area contributed by atoms with E-state index in [1.54, 1.807) is 0 Å². The van der Waals surface area contributed by atoms with Gasteiger partial charge >= 0.3 is 5.97 Å². The summed E-state index contributed by atoms with van der Waals surface area (Å²) in [7, 11) is 0. The number of rotatable bonds is 3. The molecule has 19 heavy (non-hydrogen) atoms. The molecule has 5 nitrogen and oxygen atoms in total. The number of ether oxygens (including phenoxy) is 1. The van der Waals surface area contributed by atoms with Crippen molar-refractivity contribution in [1.29, 1.82) is 0 Å². The number of aliphatic carboxylic acids is 1. The van der Waals surface area contributed by atoms with Crippen LogP contribution in [0.25, 0.3) is 0 Å². The van der Waals surface area contributed by atoms with Crippen LogP contribution in [0.4, 0.5) is 0 Å². The summed E-state index contributed by atoms with van der Waals surface area (Å²) in [6.45, 7) is 4.56. The van der Waals surface area contributed by atoms with Crippen LogP contribution >= 0.6 is 0 Å². The van der Waals surface area contributed by atoms with Crippen molar-refractivity contribution in [2.75, 3.05) is 6.61 Å². The summed E-state index contributed by atoms with van der Waals surface area (Å²) in [4.78, 5) is 23.6. The van der Waals surface area contributed by atoms with Gasteiger partial charge in [-0.15, -0.1) is 0 Å². The molecule has 0 aromatic heterocycles. The first-order valence-corrected chi connectivity index (χ1v) is 7.10. The molecule has 0 radical (unpaired) electrons. The number of hydrogen-bond donors (Lipinski definition) is 2. The molecule has 0 aromatic carbocycles. The van der Waals surface area contributed by atoms with Crippen molar-refractivity contribution >= 4 is 11.9 Å². The molecule has 2 rings (SSSR count). The Hall–Kier alpha value is -1.10. The number of carboxylic acid groups (broad SMARTS) is 1. The lowest BCUT2D eigenvalue weighted by Crippen LogP contribution is -2.54. The van der Waals surface area contributed by atoms with Crippen LogP contribution < -0.4 is 5.32 Å². The van der Waals surface area contributed by atoms with Gasteiger partial charge in [-0.25, -0.2) is 0 Å². The molecule has 2 unspecified atom stereocenters. The standard InChI is InChI=1S/C14H23NO4/c1-9-14(2,7-8-19-9)15-12(16)10-5-3-4-6-11(10)13(17)18/h9-11H,3-8H2,1-2H3,(H,15,16)(H,17,18)/t9?,10-,11+,14?/m1/s1. The summed E-state index contributed by atoms with van der Waals surface area (Å²) in [5.74, 6) is -1.89. The fraction of sp³-hybridized carbons (Fsp3) is 0.857. The van der Waals surface area contributed by atoms with Gasteiger partial charge in [0, 0.05) is 6.61 Å². The smallest absolute Gasteiger partial charge is 0.307 e. The molecule has 1 amide bonds. The van der Waals surface area contributed by atoms with Gasteiger partial charge in [0.2, 0.25) is 5.91 Å². The van der Waals surface area contributed by atoms with Gasteiger partial charge in [0.15, 0.2) is 0 Å². The maximum absolute atomic E-state index is 12.4. The van der Waals surface area contributed by atoms with Crippen molar-refractivity contribution < 1.29 is 19.4 Å². The zero-order valence-electron chi connectivity index (χ0n) is 11.6. The van der Waals surface area contributed by atoms with E-state index >= 15 is 0 Å². The maximum atomic E-state index is 12.4. The Bertz CT molecular complexity index is 370. The average Bonchev–Trinajstić information content (AvgIpc) is 2.69. The molecule has 0 spiro atoms. The van der Waals surface area contributed by atoms with Gasteiger partial charge in [0.25, 0.3) is 0 Å². The fourth-order valence-corrected chi connectivity index (χ4v) is 3.11. The van der Waals surface area contributed by atoms with E-state index in [-0.39, 0.29) is 17.6 Å². The predicted octanol–water partition coefficient (Wildman–Crippen LogP) is 1.56. The van der Waals surface area contributed by atoms with Crippen LogP contribution in [0.1, 0.15) is 46.0 Å². The molecule has 5 heteroatoms. The Morgan fingerprint density at radius 1 is 1.26 bits per heavy atom. The van der Waals surface area contributed by atoms with Crippen molar-refractivity contribution in [2.24, 2.45) is 11.8 Å². The Balaban J connectivity index is 2.03. The average molecular weight is 269 g/mol. The topological polar surface area (TPSA) is 75.6 Å². The minimum atomic E-state index is -0.847. The normalized spacial score (nSPS) is 38.9. The molecule has 108 valence electrons. The van der Waals surface area contributed by atoms with Gasteiger partial charge in [-0.1, -0.05) is 12.8 Å². The lowest BCUT2D eigenvalue weighted by Gasteiger charge is -2.34. The van der Waals surface area contributed by atoms with E-state index in [0.29, 0.717) is 19.4 Å². The van der Waals surface area contributed by atoms with Crippen molar-refractivity contribution in [3.8, 4) is 0 Å². The highest BCUT2D eigenvalue weighted by molar-refractivity contribution is 5.85. The fourth-order valence-electron chi connectivity index (χ4n) is 3.11. The molecule has 2 N–H and O–H groups in total. The second-order valence-corrected chi connectivity index (χ2v) is 6.01. The first kappa shape index (κ1) is 14.3. The van der Waals surface area contributed by atoms with Gasteiger partial charge in [-0.05, 0) is 33.1 Å². The Kier molecular flexibility index (Phi) is 4.13. The minimum absolute atomic E-state index is 0.0247.